The highest BCUT2D eigenvalue weighted by Crippen LogP contribution is 2.27. The predicted octanol–water partition coefficient (Wildman–Crippen LogP) is 2.54. The van der Waals surface area contributed by atoms with Crippen LogP contribution in [0.25, 0.3) is 10.9 Å². The fraction of sp³-hybridized carbons (Fsp3) is 0.250. The quantitative estimate of drug-likeness (QED) is 0.650. The fourth-order valence-electron chi connectivity index (χ4n) is 1.77. The number of para-hydroxylation sites is 1. The minimum absolute atomic E-state index is 0.229. The number of rotatable bonds is 4. The summed E-state index contributed by atoms with van der Waals surface area (Å²) in [4.78, 5) is 25.4. The van der Waals surface area contributed by atoms with E-state index in [0.29, 0.717) is 5.56 Å². The van der Waals surface area contributed by atoms with Gasteiger partial charge in [-0.2, -0.15) is 0 Å². The van der Waals surface area contributed by atoms with E-state index in [0.717, 1.165) is 10.9 Å². The number of nitrogens with one attached hydrogen (secondary N) is 1. The highest BCUT2D eigenvalue weighted by Gasteiger charge is 2.25. The number of aromatic nitrogens is 1. The first-order valence-corrected chi connectivity index (χ1v) is 5.33. The van der Waals surface area contributed by atoms with E-state index in [-0.39, 0.29) is 6.61 Å². The molecule has 0 fully saturated rings. The Morgan fingerprint density at radius 3 is 2.94 bits per heavy atom. The Hall–Kier alpha value is -2.17. The summed E-state index contributed by atoms with van der Waals surface area (Å²) in [6.45, 7) is 1.92. The van der Waals surface area contributed by atoms with Gasteiger partial charge in [-0.25, -0.2) is 4.79 Å². The number of nitrogens with zero attached hydrogens (tertiary/aromatic N) is 1. The van der Waals surface area contributed by atoms with Crippen LogP contribution in [-0.4, -0.2) is 17.6 Å². The molecule has 17 heavy (non-hydrogen) atoms. The lowest BCUT2D eigenvalue weighted by Crippen LogP contribution is -2.13. The summed E-state index contributed by atoms with van der Waals surface area (Å²) >= 11 is 0. The number of hydrogen-bond acceptors (Lipinski definition) is 4. The molecule has 0 aliphatic heterocycles. The van der Waals surface area contributed by atoms with Gasteiger partial charge in [-0.05, 0) is 18.2 Å². The Morgan fingerprint density at radius 1 is 1.47 bits per heavy atom. The van der Waals surface area contributed by atoms with Crippen LogP contribution >= 0.6 is 0 Å². The molecule has 2 rings (SSSR count). The van der Waals surface area contributed by atoms with Crippen LogP contribution in [0.3, 0.4) is 0 Å². The van der Waals surface area contributed by atoms with Crippen LogP contribution in [0.1, 0.15) is 18.5 Å². The summed E-state index contributed by atoms with van der Waals surface area (Å²) in [7, 11) is 0. The minimum atomic E-state index is -1.11. The van der Waals surface area contributed by atoms with Crippen LogP contribution < -0.4 is 0 Å². The molecule has 1 atom stereocenters. The number of carbonyl (C=O) groups excluding carboxylic acids is 1. The Kier molecular flexibility index (Phi) is 3.18. The number of esters is 1. The number of hydrogen-bond donors (Lipinski definition) is 1. The topological polar surface area (TPSA) is 71.5 Å². The summed E-state index contributed by atoms with van der Waals surface area (Å²) < 4.78 is 4.82. The normalized spacial score (nSPS) is 12.3. The highest BCUT2D eigenvalue weighted by atomic mass is 16.5. The zero-order valence-corrected chi connectivity index (χ0v) is 9.34. The van der Waals surface area contributed by atoms with Crippen molar-refractivity contribution >= 4 is 16.9 Å². The monoisotopic (exact) mass is 232 g/mol. The number of ether oxygens (including phenoxy) is 1. The largest absolute Gasteiger partial charge is 0.464 e. The molecule has 1 aromatic carbocycles. The molecule has 0 saturated heterocycles. The number of nitroso groups, excluding NO2 is 1. The van der Waals surface area contributed by atoms with Crippen molar-refractivity contribution in [3.05, 3.63) is 40.9 Å². The molecular weight excluding hydrogens is 220 g/mol. The SMILES string of the molecule is CCOC(=O)C(N=O)c1c[nH]c2ccccc12. The van der Waals surface area contributed by atoms with Gasteiger partial charge in [0.1, 0.15) is 0 Å². The lowest BCUT2D eigenvalue weighted by atomic mass is 10.1. The second-order valence-electron chi connectivity index (χ2n) is 3.55. The highest BCUT2D eigenvalue weighted by molar-refractivity contribution is 5.89. The Bertz CT molecular complexity index is 547. The van der Waals surface area contributed by atoms with Gasteiger partial charge in [-0.15, -0.1) is 4.91 Å². The molecule has 0 bridgehead atoms. The third kappa shape index (κ3) is 2.04. The first kappa shape index (κ1) is 11.3. The van der Waals surface area contributed by atoms with E-state index in [1.54, 1.807) is 13.1 Å². The standard InChI is InChI=1S/C12H12N2O3/c1-2-17-12(15)11(14-16)9-7-13-10-6-4-3-5-8(9)10/h3-7,11,13H,2H2,1H3. The summed E-state index contributed by atoms with van der Waals surface area (Å²) in [6, 6.07) is 6.30. The van der Waals surface area contributed by atoms with Gasteiger partial charge in [0.15, 0.2) is 0 Å². The van der Waals surface area contributed by atoms with E-state index in [4.69, 9.17) is 4.74 Å². The average Bonchev–Trinajstić information content (AvgIpc) is 2.75. The zero-order valence-electron chi connectivity index (χ0n) is 9.34. The third-order valence-corrected chi connectivity index (χ3v) is 2.53. The van der Waals surface area contributed by atoms with Crippen LogP contribution in [-0.2, 0) is 9.53 Å². The van der Waals surface area contributed by atoms with Gasteiger partial charge in [-0.3, -0.25) is 0 Å². The molecule has 0 aliphatic carbocycles. The molecular formula is C12H12N2O3. The van der Waals surface area contributed by atoms with Gasteiger partial charge in [0.25, 0.3) is 0 Å². The molecule has 0 spiro atoms. The Labute approximate surface area is 97.8 Å². The van der Waals surface area contributed by atoms with Crippen LogP contribution in [0.2, 0.25) is 0 Å². The molecule has 1 heterocycles. The maximum atomic E-state index is 11.6. The van der Waals surface area contributed by atoms with E-state index >= 15 is 0 Å². The molecule has 0 aliphatic rings. The van der Waals surface area contributed by atoms with E-state index in [9.17, 15) is 9.70 Å². The average molecular weight is 232 g/mol. The summed E-state index contributed by atoms with van der Waals surface area (Å²) in [6.07, 6.45) is 1.62. The molecule has 88 valence electrons. The van der Waals surface area contributed by atoms with Gasteiger partial charge in [0.2, 0.25) is 6.04 Å². The van der Waals surface area contributed by atoms with Gasteiger partial charge >= 0.3 is 5.97 Å². The van der Waals surface area contributed by atoms with Gasteiger partial charge in [0, 0.05) is 22.7 Å². The molecule has 0 saturated carbocycles. The van der Waals surface area contributed by atoms with Crippen LogP contribution in [0, 0.1) is 4.91 Å². The number of fused-ring (bicyclic) bond motifs is 1. The second-order valence-corrected chi connectivity index (χ2v) is 3.55. The lowest BCUT2D eigenvalue weighted by Gasteiger charge is -2.06. The number of H-pyrrole nitrogens is 1. The van der Waals surface area contributed by atoms with Crippen molar-refractivity contribution in [2.24, 2.45) is 5.18 Å². The molecule has 1 aromatic heterocycles. The van der Waals surface area contributed by atoms with Crippen LogP contribution in [0.4, 0.5) is 0 Å². The Morgan fingerprint density at radius 2 is 2.24 bits per heavy atom. The molecule has 2 aromatic rings. The van der Waals surface area contributed by atoms with Crippen molar-refractivity contribution in [1.82, 2.24) is 4.98 Å². The predicted molar refractivity (Wildman–Crippen MR) is 63.5 cm³/mol. The number of aromatic amines is 1. The summed E-state index contributed by atoms with van der Waals surface area (Å²) in [5.41, 5.74) is 1.41. The van der Waals surface area contributed by atoms with Crippen molar-refractivity contribution in [3.8, 4) is 0 Å². The van der Waals surface area contributed by atoms with Crippen molar-refractivity contribution in [2.75, 3.05) is 6.61 Å². The second kappa shape index (κ2) is 4.78. The summed E-state index contributed by atoms with van der Waals surface area (Å²) in [5, 5.41) is 3.66. The van der Waals surface area contributed by atoms with E-state index in [1.807, 2.05) is 24.3 Å². The third-order valence-electron chi connectivity index (χ3n) is 2.53. The lowest BCUT2D eigenvalue weighted by molar-refractivity contribution is -0.144. The van der Waals surface area contributed by atoms with E-state index in [1.165, 1.54) is 0 Å². The summed E-state index contributed by atoms with van der Waals surface area (Å²) in [5.74, 6) is -0.618. The van der Waals surface area contributed by atoms with Crippen molar-refractivity contribution < 1.29 is 9.53 Å². The first-order chi connectivity index (χ1) is 8.27. The fourth-order valence-corrected chi connectivity index (χ4v) is 1.77. The zero-order chi connectivity index (χ0) is 12.3. The molecule has 0 radical (unpaired) electrons. The van der Waals surface area contributed by atoms with E-state index in [2.05, 4.69) is 10.2 Å². The number of benzene rings is 1. The van der Waals surface area contributed by atoms with Crippen LogP contribution in [0.5, 0.6) is 0 Å². The van der Waals surface area contributed by atoms with E-state index < -0.39 is 12.0 Å². The maximum absolute atomic E-state index is 11.6. The molecule has 5 heteroatoms. The van der Waals surface area contributed by atoms with Crippen molar-refractivity contribution in [2.45, 2.75) is 13.0 Å². The molecule has 1 N–H and O–H groups in total. The maximum Gasteiger partial charge on any atom is 0.339 e. The number of carbonyl (C=O) groups is 1. The molecule has 0 amide bonds. The van der Waals surface area contributed by atoms with Crippen LogP contribution in [0.15, 0.2) is 35.6 Å². The van der Waals surface area contributed by atoms with Gasteiger partial charge < -0.3 is 9.72 Å². The first-order valence-electron chi connectivity index (χ1n) is 5.33. The van der Waals surface area contributed by atoms with Gasteiger partial charge in [-0.1, -0.05) is 18.2 Å². The Balaban J connectivity index is 2.43. The van der Waals surface area contributed by atoms with Gasteiger partial charge in [0.05, 0.1) is 6.61 Å². The minimum Gasteiger partial charge on any atom is -0.464 e. The van der Waals surface area contributed by atoms with Crippen molar-refractivity contribution in [3.63, 3.8) is 0 Å². The molecule has 1 unspecified atom stereocenters. The molecule has 5 nitrogen and oxygen atoms in total. The smallest absolute Gasteiger partial charge is 0.339 e. The van der Waals surface area contributed by atoms with Crippen molar-refractivity contribution in [1.29, 1.82) is 0 Å².